The molecule has 0 spiro atoms. The van der Waals surface area contributed by atoms with Gasteiger partial charge in [-0.25, -0.2) is 0 Å². The molecule has 1 aromatic carbocycles. The van der Waals surface area contributed by atoms with Crippen molar-refractivity contribution in [3.8, 4) is 0 Å². The minimum absolute atomic E-state index is 0.107. The summed E-state index contributed by atoms with van der Waals surface area (Å²) in [6.45, 7) is 1.67. The van der Waals surface area contributed by atoms with E-state index in [-0.39, 0.29) is 42.2 Å². The SMILES string of the molecule is O=C1NC(CCC(=O)N2CCN(C(=O)c3ccco3)CC2)C(=O)Nc2ccccc21. The van der Waals surface area contributed by atoms with Crippen LogP contribution in [0.5, 0.6) is 0 Å². The zero-order chi connectivity index (χ0) is 21.1. The lowest BCUT2D eigenvalue weighted by molar-refractivity contribution is -0.133. The van der Waals surface area contributed by atoms with Gasteiger partial charge >= 0.3 is 0 Å². The first-order valence-electron chi connectivity index (χ1n) is 9.84. The summed E-state index contributed by atoms with van der Waals surface area (Å²) in [6.07, 6.45) is 1.78. The average Bonchev–Trinajstić information content (AvgIpc) is 3.27. The van der Waals surface area contributed by atoms with Crippen molar-refractivity contribution in [1.29, 1.82) is 0 Å². The van der Waals surface area contributed by atoms with Crippen LogP contribution in [0.4, 0.5) is 5.69 Å². The molecule has 2 N–H and O–H groups in total. The number of hydrogen-bond acceptors (Lipinski definition) is 5. The molecule has 4 amide bonds. The molecule has 2 aliphatic heterocycles. The highest BCUT2D eigenvalue weighted by Gasteiger charge is 2.30. The van der Waals surface area contributed by atoms with Gasteiger partial charge < -0.3 is 24.9 Å². The summed E-state index contributed by atoms with van der Waals surface area (Å²) in [6, 6.07) is 9.27. The van der Waals surface area contributed by atoms with E-state index in [0.29, 0.717) is 37.4 Å². The lowest BCUT2D eigenvalue weighted by Crippen LogP contribution is -2.51. The zero-order valence-corrected chi connectivity index (χ0v) is 16.3. The van der Waals surface area contributed by atoms with Gasteiger partial charge in [-0.1, -0.05) is 12.1 Å². The highest BCUT2D eigenvalue weighted by atomic mass is 16.3. The van der Waals surface area contributed by atoms with E-state index in [9.17, 15) is 19.2 Å². The predicted octanol–water partition coefficient (Wildman–Crippen LogP) is 1.09. The number of nitrogens with zero attached hydrogens (tertiary/aromatic N) is 2. The zero-order valence-electron chi connectivity index (χ0n) is 16.3. The molecule has 1 unspecified atom stereocenters. The first-order valence-corrected chi connectivity index (χ1v) is 9.84. The minimum atomic E-state index is -0.782. The smallest absolute Gasteiger partial charge is 0.289 e. The van der Waals surface area contributed by atoms with Crippen molar-refractivity contribution in [2.75, 3.05) is 31.5 Å². The second-order valence-electron chi connectivity index (χ2n) is 7.25. The van der Waals surface area contributed by atoms with E-state index >= 15 is 0 Å². The van der Waals surface area contributed by atoms with E-state index < -0.39 is 6.04 Å². The van der Waals surface area contributed by atoms with Gasteiger partial charge in [-0.3, -0.25) is 19.2 Å². The number of hydrogen-bond donors (Lipinski definition) is 2. The molecular weight excluding hydrogens is 388 g/mol. The van der Waals surface area contributed by atoms with Crippen LogP contribution in [-0.2, 0) is 9.59 Å². The molecule has 2 aromatic rings. The maximum absolute atomic E-state index is 12.6. The Bertz CT molecular complexity index is 964. The number of benzene rings is 1. The summed E-state index contributed by atoms with van der Waals surface area (Å²) in [5.74, 6) is -0.694. The number of anilines is 1. The van der Waals surface area contributed by atoms with Crippen molar-refractivity contribution >= 4 is 29.3 Å². The Kier molecular flexibility index (Phi) is 5.51. The van der Waals surface area contributed by atoms with Crippen LogP contribution in [-0.4, -0.2) is 65.6 Å². The largest absolute Gasteiger partial charge is 0.459 e. The normalized spacial score (nSPS) is 18.9. The Morgan fingerprint density at radius 1 is 1.00 bits per heavy atom. The van der Waals surface area contributed by atoms with Gasteiger partial charge in [0.05, 0.1) is 17.5 Å². The fourth-order valence-corrected chi connectivity index (χ4v) is 3.66. The van der Waals surface area contributed by atoms with Gasteiger partial charge in [0, 0.05) is 32.6 Å². The van der Waals surface area contributed by atoms with Crippen molar-refractivity contribution in [3.05, 3.63) is 54.0 Å². The highest BCUT2D eigenvalue weighted by Crippen LogP contribution is 2.19. The van der Waals surface area contributed by atoms with Crippen LogP contribution in [0.2, 0.25) is 0 Å². The summed E-state index contributed by atoms with van der Waals surface area (Å²) >= 11 is 0. The Balaban J connectivity index is 1.29. The summed E-state index contributed by atoms with van der Waals surface area (Å²) in [4.78, 5) is 53.0. The molecule has 1 aromatic heterocycles. The van der Waals surface area contributed by atoms with Crippen LogP contribution in [0.3, 0.4) is 0 Å². The lowest BCUT2D eigenvalue weighted by Gasteiger charge is -2.34. The number of nitrogens with one attached hydrogen (secondary N) is 2. The average molecular weight is 410 g/mol. The number of para-hydroxylation sites is 1. The fourth-order valence-electron chi connectivity index (χ4n) is 3.66. The van der Waals surface area contributed by atoms with Crippen molar-refractivity contribution in [2.45, 2.75) is 18.9 Å². The molecule has 0 aliphatic carbocycles. The van der Waals surface area contributed by atoms with Crippen molar-refractivity contribution in [1.82, 2.24) is 15.1 Å². The van der Waals surface area contributed by atoms with Gasteiger partial charge in [0.25, 0.3) is 11.8 Å². The Morgan fingerprint density at radius 3 is 2.47 bits per heavy atom. The third-order valence-corrected chi connectivity index (χ3v) is 5.35. The molecule has 3 heterocycles. The molecule has 9 nitrogen and oxygen atoms in total. The summed E-state index contributed by atoms with van der Waals surface area (Å²) in [7, 11) is 0. The lowest BCUT2D eigenvalue weighted by atomic mass is 10.1. The summed E-state index contributed by atoms with van der Waals surface area (Å²) in [5, 5.41) is 5.43. The molecule has 0 bridgehead atoms. The number of amides is 4. The Labute approximate surface area is 173 Å². The number of rotatable bonds is 4. The third kappa shape index (κ3) is 4.05. The van der Waals surface area contributed by atoms with Crippen molar-refractivity contribution in [2.24, 2.45) is 0 Å². The van der Waals surface area contributed by atoms with Crippen LogP contribution in [0.25, 0.3) is 0 Å². The van der Waals surface area contributed by atoms with Crippen LogP contribution in [0.15, 0.2) is 47.1 Å². The van der Waals surface area contributed by atoms with Gasteiger partial charge in [0.1, 0.15) is 6.04 Å². The van der Waals surface area contributed by atoms with Gasteiger partial charge in [-0.15, -0.1) is 0 Å². The monoisotopic (exact) mass is 410 g/mol. The van der Waals surface area contributed by atoms with Crippen LogP contribution in [0, 0.1) is 0 Å². The topological polar surface area (TPSA) is 112 Å². The van der Waals surface area contributed by atoms with E-state index in [0.717, 1.165) is 0 Å². The van der Waals surface area contributed by atoms with E-state index in [2.05, 4.69) is 10.6 Å². The fraction of sp³-hybridized carbons (Fsp3) is 0.333. The molecule has 30 heavy (non-hydrogen) atoms. The van der Waals surface area contributed by atoms with Gasteiger partial charge in [-0.2, -0.15) is 0 Å². The first kappa shape index (κ1) is 19.7. The number of furan rings is 1. The molecule has 0 saturated carbocycles. The summed E-state index contributed by atoms with van der Waals surface area (Å²) < 4.78 is 5.14. The molecule has 0 radical (unpaired) electrons. The molecular formula is C21H22N4O5. The Morgan fingerprint density at radius 2 is 1.73 bits per heavy atom. The van der Waals surface area contributed by atoms with Gasteiger partial charge in [0.15, 0.2) is 5.76 Å². The second-order valence-corrected chi connectivity index (χ2v) is 7.25. The van der Waals surface area contributed by atoms with E-state index in [1.165, 1.54) is 6.26 Å². The van der Waals surface area contributed by atoms with Gasteiger partial charge in [0.2, 0.25) is 11.8 Å². The van der Waals surface area contributed by atoms with Crippen LogP contribution >= 0.6 is 0 Å². The number of carbonyl (C=O) groups excluding carboxylic acids is 4. The van der Waals surface area contributed by atoms with Crippen molar-refractivity contribution < 1.29 is 23.6 Å². The predicted molar refractivity (Wildman–Crippen MR) is 107 cm³/mol. The summed E-state index contributed by atoms with van der Waals surface area (Å²) in [5.41, 5.74) is 0.864. The van der Waals surface area contributed by atoms with Gasteiger partial charge in [-0.05, 0) is 30.7 Å². The van der Waals surface area contributed by atoms with Crippen molar-refractivity contribution in [3.63, 3.8) is 0 Å². The number of piperazine rings is 1. The standard InChI is InChI=1S/C21H22N4O5/c26-18(24-9-11-25(12-10-24)21(29)17-6-3-13-30-17)8-7-16-20(28)22-15-5-2-1-4-14(15)19(27)23-16/h1-6,13,16H,7-12H2,(H,22,28)(H,23,27). The number of carbonyl (C=O) groups is 4. The van der Waals surface area contributed by atoms with Crippen LogP contribution in [0.1, 0.15) is 33.8 Å². The van der Waals surface area contributed by atoms with Crippen LogP contribution < -0.4 is 10.6 Å². The quantitative estimate of drug-likeness (QED) is 0.784. The molecule has 4 rings (SSSR count). The molecule has 2 aliphatic rings. The second kappa shape index (κ2) is 8.40. The highest BCUT2D eigenvalue weighted by molar-refractivity contribution is 6.09. The minimum Gasteiger partial charge on any atom is -0.459 e. The van der Waals surface area contributed by atoms with E-state index in [4.69, 9.17) is 4.42 Å². The maximum atomic E-state index is 12.6. The Hall–Kier alpha value is -3.62. The maximum Gasteiger partial charge on any atom is 0.289 e. The molecule has 9 heteroatoms. The third-order valence-electron chi connectivity index (χ3n) is 5.35. The molecule has 156 valence electrons. The van der Waals surface area contributed by atoms with E-state index in [1.54, 1.807) is 46.2 Å². The molecule has 1 fully saturated rings. The first-order chi connectivity index (χ1) is 14.5. The number of fused-ring (bicyclic) bond motifs is 1. The molecule has 1 saturated heterocycles. The molecule has 1 atom stereocenters. The van der Waals surface area contributed by atoms with E-state index in [1.807, 2.05) is 0 Å².